The molecule has 5 N–H and O–H groups in total. The number of aromatic nitrogens is 1. The minimum absolute atomic E-state index is 0.0321. The minimum Gasteiger partial charge on any atom is -0.384 e. The van der Waals surface area contributed by atoms with Crippen LogP contribution in [0.2, 0.25) is 0 Å². The Morgan fingerprint density at radius 3 is 2.74 bits per heavy atom. The Hall–Kier alpha value is -1.96. The zero-order valence-corrected chi connectivity index (χ0v) is 10.3. The lowest BCUT2D eigenvalue weighted by Gasteiger charge is -2.25. The zero-order chi connectivity index (χ0) is 13.8. The van der Waals surface area contributed by atoms with Crippen LogP contribution in [-0.2, 0) is 0 Å². The molecular formula is C11H16F2N6. The largest absolute Gasteiger partial charge is 0.384 e. The van der Waals surface area contributed by atoms with Gasteiger partial charge < -0.3 is 16.8 Å². The molecule has 0 aliphatic carbocycles. The molecule has 1 aliphatic rings. The summed E-state index contributed by atoms with van der Waals surface area (Å²) in [5, 5.41) is 9.06. The highest BCUT2D eigenvalue weighted by atomic mass is 19.3. The number of hydrogen-bond acceptors (Lipinski definition) is 5. The monoisotopic (exact) mass is 270 g/mol. The van der Waals surface area contributed by atoms with Crippen LogP contribution >= 0.6 is 0 Å². The summed E-state index contributed by atoms with van der Waals surface area (Å²) in [5.41, 5.74) is 11.1. The first-order valence-electron chi connectivity index (χ1n) is 5.91. The number of hydrogen-bond donors (Lipinski definition) is 3. The molecule has 1 aromatic rings. The van der Waals surface area contributed by atoms with Crippen molar-refractivity contribution in [2.24, 2.45) is 10.8 Å². The molecule has 0 radical (unpaired) electrons. The zero-order valence-electron chi connectivity index (χ0n) is 10.3. The number of piperazine rings is 1. The smallest absolute Gasteiger partial charge is 0.264 e. The number of amidine groups is 1. The van der Waals surface area contributed by atoms with Crippen molar-refractivity contribution >= 4 is 11.7 Å². The standard InChI is InChI=1S/C11H16F2N6/c12-10(13)7-5-9(14)17-6-8(7)11(15)18-19-3-1-16-2-4-19/h5-6,10,16H,1-4H2,(H2,14,17)(H2,15,18). The topological polar surface area (TPSA) is 92.6 Å². The lowest BCUT2D eigenvalue weighted by atomic mass is 10.1. The van der Waals surface area contributed by atoms with Crippen LogP contribution in [0, 0.1) is 0 Å². The van der Waals surface area contributed by atoms with Crippen molar-refractivity contribution < 1.29 is 8.78 Å². The summed E-state index contributed by atoms with van der Waals surface area (Å²) in [6, 6.07) is 1.13. The maximum atomic E-state index is 12.9. The average Bonchev–Trinajstić information content (AvgIpc) is 2.39. The molecule has 0 amide bonds. The molecule has 1 aliphatic heterocycles. The van der Waals surface area contributed by atoms with E-state index in [0.717, 1.165) is 19.2 Å². The molecule has 0 unspecified atom stereocenters. The van der Waals surface area contributed by atoms with E-state index in [0.29, 0.717) is 13.1 Å². The fourth-order valence-corrected chi connectivity index (χ4v) is 1.84. The van der Waals surface area contributed by atoms with E-state index in [1.807, 2.05) is 0 Å². The number of rotatable bonds is 3. The van der Waals surface area contributed by atoms with Crippen LogP contribution in [0.5, 0.6) is 0 Å². The molecule has 2 rings (SSSR count). The first-order chi connectivity index (χ1) is 9.08. The van der Waals surface area contributed by atoms with Crippen molar-refractivity contribution in [2.45, 2.75) is 6.43 Å². The Morgan fingerprint density at radius 2 is 2.11 bits per heavy atom. The molecule has 0 atom stereocenters. The van der Waals surface area contributed by atoms with Gasteiger partial charge in [0.25, 0.3) is 6.43 Å². The molecule has 1 saturated heterocycles. The third kappa shape index (κ3) is 3.28. The molecule has 8 heteroatoms. The molecule has 0 spiro atoms. The summed E-state index contributed by atoms with van der Waals surface area (Å²) in [6.45, 7) is 2.96. The van der Waals surface area contributed by atoms with Crippen molar-refractivity contribution in [2.75, 3.05) is 31.9 Å². The van der Waals surface area contributed by atoms with Crippen molar-refractivity contribution in [3.05, 3.63) is 23.4 Å². The van der Waals surface area contributed by atoms with E-state index in [2.05, 4.69) is 15.4 Å². The quantitative estimate of drug-likeness (QED) is 0.536. The van der Waals surface area contributed by atoms with Gasteiger partial charge in [0.15, 0.2) is 5.84 Å². The molecule has 6 nitrogen and oxygen atoms in total. The molecule has 2 heterocycles. The van der Waals surface area contributed by atoms with Gasteiger partial charge in [-0.15, -0.1) is 0 Å². The number of nitrogen functional groups attached to an aromatic ring is 1. The van der Waals surface area contributed by atoms with Gasteiger partial charge in [-0.1, -0.05) is 0 Å². The van der Waals surface area contributed by atoms with Crippen molar-refractivity contribution in [3.63, 3.8) is 0 Å². The molecular weight excluding hydrogens is 254 g/mol. The third-order valence-corrected chi connectivity index (χ3v) is 2.81. The number of anilines is 1. The molecule has 19 heavy (non-hydrogen) atoms. The van der Waals surface area contributed by atoms with Crippen LogP contribution in [-0.4, -0.2) is 42.0 Å². The van der Waals surface area contributed by atoms with Crippen molar-refractivity contribution in [3.8, 4) is 0 Å². The summed E-state index contributed by atoms with van der Waals surface area (Å²) in [7, 11) is 0. The van der Waals surface area contributed by atoms with E-state index >= 15 is 0 Å². The highest BCUT2D eigenvalue weighted by Gasteiger charge is 2.17. The van der Waals surface area contributed by atoms with Crippen LogP contribution in [0.3, 0.4) is 0 Å². The second-order valence-corrected chi connectivity index (χ2v) is 4.19. The van der Waals surface area contributed by atoms with Gasteiger partial charge in [0, 0.05) is 43.5 Å². The number of hydrazone groups is 1. The Bertz CT molecular complexity index is 470. The summed E-state index contributed by atoms with van der Waals surface area (Å²) in [6.07, 6.45) is -1.44. The summed E-state index contributed by atoms with van der Waals surface area (Å²) >= 11 is 0. The van der Waals surface area contributed by atoms with Crippen LogP contribution in [0.15, 0.2) is 17.4 Å². The van der Waals surface area contributed by atoms with Gasteiger partial charge in [0.2, 0.25) is 0 Å². The van der Waals surface area contributed by atoms with E-state index in [-0.39, 0.29) is 22.8 Å². The van der Waals surface area contributed by atoms with Gasteiger partial charge in [-0.05, 0) is 6.07 Å². The van der Waals surface area contributed by atoms with E-state index < -0.39 is 6.43 Å². The molecule has 1 fully saturated rings. The second-order valence-electron chi connectivity index (χ2n) is 4.19. The number of nitrogens with two attached hydrogens (primary N) is 2. The highest BCUT2D eigenvalue weighted by molar-refractivity contribution is 5.98. The van der Waals surface area contributed by atoms with Gasteiger partial charge in [-0.2, -0.15) is 5.10 Å². The van der Waals surface area contributed by atoms with Crippen molar-refractivity contribution in [1.29, 1.82) is 0 Å². The van der Waals surface area contributed by atoms with Crippen LogP contribution in [0.1, 0.15) is 17.6 Å². The predicted molar refractivity (Wildman–Crippen MR) is 68.8 cm³/mol. The average molecular weight is 270 g/mol. The summed E-state index contributed by atoms with van der Waals surface area (Å²) in [5.74, 6) is 0.0683. The number of alkyl halides is 2. The molecule has 1 aromatic heterocycles. The minimum atomic E-state index is -2.67. The SMILES string of the molecule is NC(=NN1CCNCC1)c1cnc(N)cc1C(F)F. The van der Waals surface area contributed by atoms with E-state index in [1.165, 1.54) is 6.20 Å². The van der Waals surface area contributed by atoms with Gasteiger partial charge >= 0.3 is 0 Å². The molecule has 0 saturated carbocycles. The normalized spacial score (nSPS) is 17.0. The van der Waals surface area contributed by atoms with E-state index in [1.54, 1.807) is 5.01 Å². The van der Waals surface area contributed by atoms with Crippen LogP contribution < -0.4 is 16.8 Å². The lowest BCUT2D eigenvalue weighted by molar-refractivity contribution is 0.151. The second kappa shape index (κ2) is 5.79. The van der Waals surface area contributed by atoms with Gasteiger partial charge in [-0.25, -0.2) is 13.8 Å². The molecule has 0 bridgehead atoms. The first-order valence-corrected chi connectivity index (χ1v) is 5.91. The lowest BCUT2D eigenvalue weighted by Crippen LogP contribution is -2.41. The first kappa shape index (κ1) is 13.5. The number of halogens is 2. The molecule has 104 valence electrons. The van der Waals surface area contributed by atoms with Gasteiger partial charge in [0.1, 0.15) is 5.82 Å². The van der Waals surface area contributed by atoms with E-state index in [4.69, 9.17) is 11.5 Å². The Labute approximate surface area is 109 Å². The maximum Gasteiger partial charge on any atom is 0.264 e. The Balaban J connectivity index is 2.26. The Morgan fingerprint density at radius 1 is 1.42 bits per heavy atom. The predicted octanol–water partition coefficient (Wildman–Crippen LogP) is 0.127. The third-order valence-electron chi connectivity index (χ3n) is 2.81. The van der Waals surface area contributed by atoms with Gasteiger partial charge in [-0.3, -0.25) is 5.01 Å². The fourth-order valence-electron chi connectivity index (χ4n) is 1.84. The number of pyridine rings is 1. The van der Waals surface area contributed by atoms with Crippen LogP contribution in [0.25, 0.3) is 0 Å². The number of nitrogens with one attached hydrogen (secondary N) is 1. The van der Waals surface area contributed by atoms with Crippen molar-refractivity contribution in [1.82, 2.24) is 15.3 Å². The summed E-state index contributed by atoms with van der Waals surface area (Å²) in [4.78, 5) is 3.79. The number of nitrogens with zero attached hydrogens (tertiary/aromatic N) is 3. The maximum absolute atomic E-state index is 12.9. The Kier molecular flexibility index (Phi) is 4.10. The van der Waals surface area contributed by atoms with Crippen LogP contribution in [0.4, 0.5) is 14.6 Å². The molecule has 0 aromatic carbocycles. The highest BCUT2D eigenvalue weighted by Crippen LogP contribution is 2.23. The fraction of sp³-hybridized carbons (Fsp3) is 0.455. The van der Waals surface area contributed by atoms with E-state index in [9.17, 15) is 8.78 Å². The summed E-state index contributed by atoms with van der Waals surface area (Å²) < 4.78 is 25.9. The van der Waals surface area contributed by atoms with Gasteiger partial charge in [0.05, 0.1) is 0 Å².